The van der Waals surface area contributed by atoms with E-state index in [9.17, 15) is 9.18 Å². The van der Waals surface area contributed by atoms with Crippen LogP contribution in [0.25, 0.3) is 0 Å². The Hall–Kier alpha value is -2.78. The minimum atomic E-state index is -1.00. The van der Waals surface area contributed by atoms with Crippen LogP contribution in [0.3, 0.4) is 0 Å². The summed E-state index contributed by atoms with van der Waals surface area (Å²) in [5.41, 5.74) is 8.04. The fourth-order valence-corrected chi connectivity index (χ4v) is 3.69. The van der Waals surface area contributed by atoms with E-state index in [0.29, 0.717) is 31.9 Å². The lowest BCUT2D eigenvalue weighted by atomic mass is 10.1. The molecule has 1 aliphatic rings. The van der Waals surface area contributed by atoms with E-state index in [2.05, 4.69) is 27.3 Å². The third-order valence-electron chi connectivity index (χ3n) is 5.54. The van der Waals surface area contributed by atoms with Crippen LogP contribution in [0.15, 0.2) is 30.6 Å². The number of ether oxygens (including phenoxy) is 1. The topological polar surface area (TPSA) is 114 Å². The van der Waals surface area contributed by atoms with Gasteiger partial charge < -0.3 is 20.9 Å². The molecule has 2 aromatic heterocycles. The van der Waals surface area contributed by atoms with Crippen molar-refractivity contribution in [2.45, 2.75) is 44.6 Å². The first-order chi connectivity index (χ1) is 15.5. The van der Waals surface area contributed by atoms with Crippen LogP contribution in [0.2, 0.25) is 0 Å². The Balaban J connectivity index is 1.44. The van der Waals surface area contributed by atoms with Crippen LogP contribution in [-0.2, 0) is 17.6 Å². The van der Waals surface area contributed by atoms with E-state index in [4.69, 9.17) is 20.6 Å². The highest BCUT2D eigenvalue weighted by Gasteiger charge is 2.14. The maximum absolute atomic E-state index is 13.2. The number of anilines is 1. The normalized spacial score (nSPS) is 14.0. The van der Waals surface area contributed by atoms with Crippen molar-refractivity contribution in [2.24, 2.45) is 5.73 Å². The van der Waals surface area contributed by atoms with Gasteiger partial charge in [-0.05, 0) is 56.7 Å². The molecule has 3 heterocycles. The number of pyridine rings is 2. The summed E-state index contributed by atoms with van der Waals surface area (Å²) in [6.45, 7) is 3.26. The molecule has 0 aliphatic carbocycles. The number of aromatic nitrogens is 2. The van der Waals surface area contributed by atoms with E-state index in [1.165, 1.54) is 17.8 Å². The zero-order valence-corrected chi connectivity index (χ0v) is 18.3. The molecule has 174 valence electrons. The van der Waals surface area contributed by atoms with Gasteiger partial charge in [0.15, 0.2) is 0 Å². The second-order valence-corrected chi connectivity index (χ2v) is 8.06. The molecule has 0 bridgehead atoms. The number of nitrogens with one attached hydrogen (secondary N) is 1. The molecule has 0 spiro atoms. The molecule has 3 rings (SSSR count). The lowest BCUT2D eigenvalue weighted by molar-refractivity contribution is -0.138. The summed E-state index contributed by atoms with van der Waals surface area (Å²) >= 11 is 0. The molecule has 1 aliphatic heterocycles. The number of halogens is 1. The predicted molar refractivity (Wildman–Crippen MR) is 120 cm³/mol. The van der Waals surface area contributed by atoms with E-state index < -0.39 is 17.8 Å². The second-order valence-electron chi connectivity index (χ2n) is 8.06. The molecule has 0 aromatic carbocycles. The maximum Gasteiger partial charge on any atom is 0.320 e. The molecular weight excluding hydrogens is 413 g/mol. The lowest BCUT2D eigenvalue weighted by Crippen LogP contribution is -2.37. The van der Waals surface area contributed by atoms with Crippen LogP contribution in [0.5, 0.6) is 5.75 Å². The number of aryl methyl sites for hydroxylation is 2. The van der Waals surface area contributed by atoms with Crippen molar-refractivity contribution in [3.8, 4) is 5.75 Å². The van der Waals surface area contributed by atoms with Crippen molar-refractivity contribution >= 4 is 11.8 Å². The minimum absolute atomic E-state index is 0.353. The Morgan fingerprint density at radius 2 is 2.16 bits per heavy atom. The molecule has 0 saturated heterocycles. The number of nitrogens with two attached hydrogens (primary N) is 1. The van der Waals surface area contributed by atoms with Gasteiger partial charge in [-0.2, -0.15) is 0 Å². The second kappa shape index (κ2) is 12.3. The molecule has 0 saturated carbocycles. The summed E-state index contributed by atoms with van der Waals surface area (Å²) in [6, 6.07) is 4.68. The number of carboxylic acid groups (broad SMARTS) is 1. The Morgan fingerprint density at radius 1 is 1.28 bits per heavy atom. The first-order valence-corrected chi connectivity index (χ1v) is 11.2. The van der Waals surface area contributed by atoms with E-state index in [1.54, 1.807) is 0 Å². The van der Waals surface area contributed by atoms with Crippen LogP contribution in [0.1, 0.15) is 36.9 Å². The van der Waals surface area contributed by atoms with Gasteiger partial charge in [-0.15, -0.1) is 0 Å². The van der Waals surface area contributed by atoms with Crippen molar-refractivity contribution in [3.63, 3.8) is 0 Å². The molecule has 2 aromatic rings. The zero-order chi connectivity index (χ0) is 22.8. The SMILES string of the molecule is N[C@@H](CCN(CCCCc1ccc2c(n1)NCCC2)CCOc1cncc(F)c1)C(=O)O. The number of carboxylic acids is 1. The van der Waals surface area contributed by atoms with E-state index in [1.807, 2.05) is 0 Å². The Morgan fingerprint density at radius 3 is 2.97 bits per heavy atom. The van der Waals surface area contributed by atoms with Crippen molar-refractivity contribution in [2.75, 3.05) is 38.1 Å². The summed E-state index contributed by atoms with van der Waals surface area (Å²) in [4.78, 5) is 21.7. The molecule has 32 heavy (non-hydrogen) atoms. The van der Waals surface area contributed by atoms with E-state index in [0.717, 1.165) is 62.9 Å². The largest absolute Gasteiger partial charge is 0.491 e. The molecule has 9 heteroatoms. The summed E-state index contributed by atoms with van der Waals surface area (Å²) in [6.07, 6.45) is 7.98. The van der Waals surface area contributed by atoms with Crippen LogP contribution in [-0.4, -0.2) is 64.8 Å². The number of unbranched alkanes of at least 4 members (excludes halogenated alkanes) is 1. The van der Waals surface area contributed by atoms with Crippen molar-refractivity contribution in [3.05, 3.63) is 47.7 Å². The van der Waals surface area contributed by atoms with Gasteiger partial charge in [0.2, 0.25) is 0 Å². The fraction of sp³-hybridized carbons (Fsp3) is 0.522. The van der Waals surface area contributed by atoms with Crippen molar-refractivity contribution < 1.29 is 19.0 Å². The standard InChI is InChI=1S/C23H32FN5O3/c24-18-14-20(16-26-15-18)32-13-12-29(11-8-21(25)23(30)31)10-2-1-5-19-7-6-17-4-3-9-27-22(17)28-19/h6-7,14-16,21H,1-5,8-13,25H2,(H,27,28)(H,30,31)/t21-/m0/s1. The van der Waals surface area contributed by atoms with Crippen molar-refractivity contribution in [1.82, 2.24) is 14.9 Å². The highest BCUT2D eigenvalue weighted by Crippen LogP contribution is 2.20. The average molecular weight is 446 g/mol. The predicted octanol–water partition coefficient (Wildman–Crippen LogP) is 2.48. The molecule has 4 N–H and O–H groups in total. The maximum atomic E-state index is 13.2. The summed E-state index contributed by atoms with van der Waals surface area (Å²) in [7, 11) is 0. The first kappa shape index (κ1) is 23.9. The van der Waals surface area contributed by atoms with Crippen LogP contribution < -0.4 is 15.8 Å². The van der Waals surface area contributed by atoms with Gasteiger partial charge in [0.05, 0.1) is 12.4 Å². The summed E-state index contributed by atoms with van der Waals surface area (Å²) in [5.74, 6) is -0.0572. The number of aliphatic carboxylic acids is 1. The lowest BCUT2D eigenvalue weighted by Gasteiger charge is -2.23. The van der Waals surface area contributed by atoms with Gasteiger partial charge >= 0.3 is 5.97 Å². The van der Waals surface area contributed by atoms with E-state index >= 15 is 0 Å². The molecule has 0 unspecified atom stereocenters. The number of rotatable bonds is 13. The third-order valence-corrected chi connectivity index (χ3v) is 5.54. The number of hydrogen-bond acceptors (Lipinski definition) is 7. The average Bonchev–Trinajstić information content (AvgIpc) is 2.79. The molecule has 8 nitrogen and oxygen atoms in total. The van der Waals surface area contributed by atoms with Gasteiger partial charge in [-0.1, -0.05) is 6.07 Å². The summed E-state index contributed by atoms with van der Waals surface area (Å²) in [5, 5.41) is 12.4. The minimum Gasteiger partial charge on any atom is -0.491 e. The number of hydrogen-bond donors (Lipinski definition) is 3. The van der Waals surface area contributed by atoms with Crippen molar-refractivity contribution in [1.29, 1.82) is 0 Å². The summed E-state index contributed by atoms with van der Waals surface area (Å²) < 4.78 is 18.8. The number of nitrogens with zero attached hydrogens (tertiary/aromatic N) is 3. The Kier molecular flexibility index (Phi) is 9.18. The van der Waals surface area contributed by atoms with E-state index in [-0.39, 0.29) is 0 Å². The van der Waals surface area contributed by atoms with Crippen LogP contribution in [0, 0.1) is 5.82 Å². The van der Waals surface area contributed by atoms with Gasteiger partial charge in [0, 0.05) is 31.4 Å². The van der Waals surface area contributed by atoms with Gasteiger partial charge in [0.1, 0.15) is 30.0 Å². The molecule has 0 radical (unpaired) electrons. The fourth-order valence-electron chi connectivity index (χ4n) is 3.69. The quantitative estimate of drug-likeness (QED) is 0.403. The Labute approximate surface area is 188 Å². The highest BCUT2D eigenvalue weighted by atomic mass is 19.1. The van der Waals surface area contributed by atoms with Gasteiger partial charge in [-0.3, -0.25) is 14.7 Å². The smallest absolute Gasteiger partial charge is 0.320 e. The number of carbonyl (C=O) groups is 1. The number of fused-ring (bicyclic) bond motifs is 1. The highest BCUT2D eigenvalue weighted by molar-refractivity contribution is 5.72. The van der Waals surface area contributed by atoms with Gasteiger partial charge in [0.25, 0.3) is 0 Å². The van der Waals surface area contributed by atoms with Gasteiger partial charge in [-0.25, -0.2) is 9.37 Å². The molecule has 0 amide bonds. The van der Waals surface area contributed by atoms with Crippen LogP contribution in [0.4, 0.5) is 10.2 Å². The first-order valence-electron chi connectivity index (χ1n) is 11.2. The molecule has 1 atom stereocenters. The van der Waals surface area contributed by atoms with Crippen LogP contribution >= 0.6 is 0 Å². The molecule has 0 fully saturated rings. The zero-order valence-electron chi connectivity index (χ0n) is 18.3. The molecular formula is C23H32FN5O3. The monoisotopic (exact) mass is 445 g/mol. The Bertz CT molecular complexity index is 882. The third kappa shape index (κ3) is 7.72.